The molecule has 5 rings (SSSR count). The van der Waals surface area contributed by atoms with Crippen molar-refractivity contribution in [3.05, 3.63) is 101 Å². The maximum atomic E-state index is 14.0. The van der Waals surface area contributed by atoms with Crippen molar-refractivity contribution in [3.63, 3.8) is 0 Å². The van der Waals surface area contributed by atoms with Gasteiger partial charge in [-0.05, 0) is 92.9 Å². The summed E-state index contributed by atoms with van der Waals surface area (Å²) in [5, 5.41) is 13.7. The van der Waals surface area contributed by atoms with Crippen LogP contribution in [0.4, 0.5) is 16.3 Å². The van der Waals surface area contributed by atoms with Crippen LogP contribution in [-0.2, 0) is 15.3 Å². The number of amides is 2. The summed E-state index contributed by atoms with van der Waals surface area (Å²) in [5.74, 6) is 0.450. The van der Waals surface area contributed by atoms with E-state index in [2.05, 4.69) is 36.7 Å². The normalized spacial score (nSPS) is 15.2. The molecule has 10 heteroatoms. The number of urea groups is 1. The van der Waals surface area contributed by atoms with Crippen molar-refractivity contribution in [2.45, 2.75) is 56.1 Å². The molecule has 3 aromatic carbocycles. The van der Waals surface area contributed by atoms with Crippen molar-refractivity contribution in [2.75, 3.05) is 23.7 Å². The number of piperidine rings is 1. The van der Waals surface area contributed by atoms with Gasteiger partial charge in [-0.1, -0.05) is 62.2 Å². The minimum Gasteiger partial charge on any atom is -0.317 e. The summed E-state index contributed by atoms with van der Waals surface area (Å²) in [7, 11) is -3.74. The second kappa shape index (κ2) is 12.5. The summed E-state index contributed by atoms with van der Waals surface area (Å²) in [6, 6.07) is 22.8. The number of halogens is 1. The SMILES string of the molecule is Cc1ccc(-n2nc(C(C)(C)C)cc2NC(=O)Nc2cccc(C(C3CCNCC3)S(=O)(=O)c3ccc(Cl)cc3)c2)cc1. The molecule has 1 saturated heterocycles. The van der Waals surface area contributed by atoms with Crippen LogP contribution in [0.5, 0.6) is 0 Å². The Bertz CT molecular complexity index is 1690. The summed E-state index contributed by atoms with van der Waals surface area (Å²) in [6.07, 6.45) is 1.46. The van der Waals surface area contributed by atoms with Crippen LogP contribution in [0.15, 0.2) is 83.8 Å². The van der Waals surface area contributed by atoms with Gasteiger partial charge in [0, 0.05) is 22.2 Å². The Kier molecular flexibility index (Phi) is 8.96. The minimum atomic E-state index is -3.74. The number of sulfone groups is 1. The van der Waals surface area contributed by atoms with E-state index in [1.807, 2.05) is 43.3 Å². The van der Waals surface area contributed by atoms with Gasteiger partial charge >= 0.3 is 6.03 Å². The fraction of sp³-hybridized carbons (Fsp3) is 0.333. The third kappa shape index (κ3) is 7.12. The van der Waals surface area contributed by atoms with E-state index in [0.717, 1.165) is 42.9 Å². The number of nitrogens with zero attached hydrogens (tertiary/aromatic N) is 2. The Labute approximate surface area is 258 Å². The highest BCUT2D eigenvalue weighted by Gasteiger charge is 2.37. The fourth-order valence-corrected chi connectivity index (χ4v) is 7.63. The molecule has 226 valence electrons. The Hall–Kier alpha value is -3.66. The molecule has 1 aliphatic rings. The summed E-state index contributed by atoms with van der Waals surface area (Å²) >= 11 is 6.05. The van der Waals surface area contributed by atoms with Crippen molar-refractivity contribution < 1.29 is 13.2 Å². The van der Waals surface area contributed by atoms with E-state index >= 15 is 0 Å². The van der Waals surface area contributed by atoms with Gasteiger partial charge in [-0.25, -0.2) is 17.9 Å². The molecular weight excluding hydrogens is 582 g/mol. The van der Waals surface area contributed by atoms with Gasteiger partial charge in [-0.15, -0.1) is 0 Å². The first-order chi connectivity index (χ1) is 20.4. The lowest BCUT2D eigenvalue weighted by molar-refractivity contribution is 0.262. The third-order valence-corrected chi connectivity index (χ3v) is 10.3. The Balaban J connectivity index is 1.43. The molecule has 4 aromatic rings. The van der Waals surface area contributed by atoms with Crippen LogP contribution in [0, 0.1) is 12.8 Å². The highest BCUT2D eigenvalue weighted by atomic mass is 35.5. The molecule has 1 unspecified atom stereocenters. The maximum absolute atomic E-state index is 14.0. The lowest BCUT2D eigenvalue weighted by atomic mass is 9.90. The van der Waals surface area contributed by atoms with Gasteiger partial charge in [0.15, 0.2) is 9.84 Å². The maximum Gasteiger partial charge on any atom is 0.324 e. The van der Waals surface area contributed by atoms with E-state index in [4.69, 9.17) is 16.7 Å². The zero-order chi connectivity index (χ0) is 30.8. The number of hydrogen-bond acceptors (Lipinski definition) is 5. The largest absolute Gasteiger partial charge is 0.324 e. The van der Waals surface area contributed by atoms with E-state index in [0.29, 0.717) is 22.1 Å². The van der Waals surface area contributed by atoms with Crippen molar-refractivity contribution in [3.8, 4) is 5.69 Å². The zero-order valence-electron chi connectivity index (χ0n) is 24.9. The molecule has 0 bridgehead atoms. The molecule has 3 N–H and O–H groups in total. The number of anilines is 2. The first-order valence-corrected chi connectivity index (χ1v) is 16.4. The van der Waals surface area contributed by atoms with E-state index in [-0.39, 0.29) is 16.2 Å². The number of aromatic nitrogens is 2. The zero-order valence-corrected chi connectivity index (χ0v) is 26.5. The van der Waals surface area contributed by atoms with E-state index < -0.39 is 21.1 Å². The summed E-state index contributed by atoms with van der Waals surface area (Å²) in [4.78, 5) is 13.5. The quantitative estimate of drug-likeness (QED) is 0.201. The Morgan fingerprint density at radius 1 is 0.977 bits per heavy atom. The molecule has 0 radical (unpaired) electrons. The molecule has 2 heterocycles. The van der Waals surface area contributed by atoms with Crippen LogP contribution >= 0.6 is 11.6 Å². The second-order valence-electron chi connectivity index (χ2n) is 12.1. The average molecular weight is 620 g/mol. The van der Waals surface area contributed by atoms with E-state index in [1.54, 1.807) is 47.1 Å². The number of carbonyl (C=O) groups is 1. The van der Waals surface area contributed by atoms with Crippen LogP contribution in [0.1, 0.15) is 55.7 Å². The number of benzene rings is 3. The van der Waals surface area contributed by atoms with Gasteiger partial charge < -0.3 is 10.6 Å². The Morgan fingerprint density at radius 3 is 2.30 bits per heavy atom. The monoisotopic (exact) mass is 619 g/mol. The first kappa shape index (κ1) is 30.8. The van der Waals surface area contributed by atoms with Gasteiger partial charge in [0.2, 0.25) is 0 Å². The van der Waals surface area contributed by atoms with E-state index in [9.17, 15) is 13.2 Å². The molecular formula is C33H38ClN5O3S. The first-order valence-electron chi connectivity index (χ1n) is 14.5. The van der Waals surface area contributed by atoms with Gasteiger partial charge in [-0.3, -0.25) is 5.32 Å². The van der Waals surface area contributed by atoms with Crippen molar-refractivity contribution in [1.29, 1.82) is 0 Å². The van der Waals surface area contributed by atoms with Crippen LogP contribution in [0.25, 0.3) is 5.69 Å². The average Bonchev–Trinajstić information content (AvgIpc) is 3.39. The highest BCUT2D eigenvalue weighted by Crippen LogP contribution is 2.40. The predicted octanol–water partition coefficient (Wildman–Crippen LogP) is 7.29. The summed E-state index contributed by atoms with van der Waals surface area (Å²) in [5.41, 5.74) is 3.70. The number of rotatable bonds is 7. The minimum absolute atomic E-state index is 0.0781. The molecule has 1 aromatic heterocycles. The number of carbonyl (C=O) groups excluding carboxylic acids is 1. The van der Waals surface area contributed by atoms with Gasteiger partial charge in [0.25, 0.3) is 0 Å². The van der Waals surface area contributed by atoms with Crippen molar-refractivity contribution in [2.24, 2.45) is 5.92 Å². The molecule has 0 spiro atoms. The van der Waals surface area contributed by atoms with Crippen molar-refractivity contribution in [1.82, 2.24) is 15.1 Å². The number of hydrogen-bond donors (Lipinski definition) is 3. The molecule has 1 aliphatic heterocycles. The molecule has 8 nitrogen and oxygen atoms in total. The van der Waals surface area contributed by atoms with Crippen LogP contribution in [-0.4, -0.2) is 37.3 Å². The topological polar surface area (TPSA) is 105 Å². The summed E-state index contributed by atoms with van der Waals surface area (Å²) in [6.45, 7) is 9.74. The predicted molar refractivity (Wildman–Crippen MR) is 173 cm³/mol. The Morgan fingerprint density at radius 2 is 1.65 bits per heavy atom. The lowest BCUT2D eigenvalue weighted by Crippen LogP contribution is -2.33. The molecule has 1 atom stereocenters. The number of nitrogens with one attached hydrogen (secondary N) is 3. The fourth-order valence-electron chi connectivity index (χ4n) is 5.41. The standard InChI is InChI=1S/C33H38ClN5O3S/c1-22-8-12-27(13-9-22)39-30(21-29(38-39)33(2,3)4)37-32(40)36-26-7-5-6-24(20-26)31(23-16-18-35-19-17-23)43(41,42)28-14-10-25(34)11-15-28/h5-15,20-21,23,31,35H,16-19H2,1-4H3,(H2,36,37,40). The smallest absolute Gasteiger partial charge is 0.317 e. The molecule has 43 heavy (non-hydrogen) atoms. The highest BCUT2D eigenvalue weighted by molar-refractivity contribution is 7.91. The molecule has 1 fully saturated rings. The molecule has 0 saturated carbocycles. The number of aryl methyl sites for hydroxylation is 1. The van der Waals surface area contributed by atoms with Crippen molar-refractivity contribution >= 4 is 39.0 Å². The van der Waals surface area contributed by atoms with Gasteiger partial charge in [-0.2, -0.15) is 5.10 Å². The van der Waals surface area contributed by atoms with Gasteiger partial charge in [0.05, 0.1) is 21.5 Å². The van der Waals surface area contributed by atoms with E-state index in [1.165, 1.54) is 0 Å². The molecule has 0 aliphatic carbocycles. The lowest BCUT2D eigenvalue weighted by Gasteiger charge is -2.31. The van der Waals surface area contributed by atoms with Gasteiger partial charge in [0.1, 0.15) is 5.82 Å². The van der Waals surface area contributed by atoms with Crippen LogP contribution in [0.2, 0.25) is 5.02 Å². The van der Waals surface area contributed by atoms with Crippen LogP contribution in [0.3, 0.4) is 0 Å². The van der Waals surface area contributed by atoms with Crippen LogP contribution < -0.4 is 16.0 Å². The third-order valence-electron chi connectivity index (χ3n) is 7.76. The molecule has 2 amide bonds. The second-order valence-corrected chi connectivity index (χ2v) is 14.6. The summed E-state index contributed by atoms with van der Waals surface area (Å²) < 4.78 is 29.8.